The second-order valence-corrected chi connectivity index (χ2v) is 6.27. The Morgan fingerprint density at radius 2 is 1.56 bits per heavy atom. The minimum absolute atomic E-state index is 0.480. The summed E-state index contributed by atoms with van der Waals surface area (Å²) in [7, 11) is 0. The molecule has 2 aliphatic rings. The first-order valence-corrected chi connectivity index (χ1v) is 8.25. The number of fused-ring (bicyclic) bond motifs is 1. The first kappa shape index (κ1) is 14.3. The second-order valence-electron chi connectivity index (χ2n) is 6.27. The van der Waals surface area contributed by atoms with Crippen LogP contribution in [0.2, 0.25) is 0 Å². The van der Waals surface area contributed by atoms with Crippen molar-refractivity contribution in [3.8, 4) is 0 Å². The van der Waals surface area contributed by atoms with Gasteiger partial charge in [0.15, 0.2) is 0 Å². The number of piperidine rings is 1. The van der Waals surface area contributed by atoms with Crippen molar-refractivity contribution >= 4 is 0 Å². The lowest BCUT2D eigenvalue weighted by Crippen LogP contribution is -2.52. The van der Waals surface area contributed by atoms with Gasteiger partial charge in [-0.15, -0.1) is 0 Å². The van der Waals surface area contributed by atoms with Gasteiger partial charge in [0.25, 0.3) is 0 Å². The van der Waals surface area contributed by atoms with E-state index >= 15 is 0 Å². The van der Waals surface area contributed by atoms with Gasteiger partial charge in [-0.1, -0.05) is 27.2 Å². The van der Waals surface area contributed by atoms with E-state index in [1.165, 1.54) is 71.1 Å². The highest BCUT2D eigenvalue weighted by Crippen LogP contribution is 2.31. The van der Waals surface area contributed by atoms with E-state index in [-0.39, 0.29) is 0 Å². The molecule has 0 amide bonds. The number of nitrogens with zero attached hydrogens (tertiary/aromatic N) is 2. The molecule has 18 heavy (non-hydrogen) atoms. The van der Waals surface area contributed by atoms with E-state index in [0.29, 0.717) is 5.54 Å². The first-order valence-electron chi connectivity index (χ1n) is 8.25. The van der Waals surface area contributed by atoms with Crippen molar-refractivity contribution in [1.82, 2.24) is 9.80 Å². The summed E-state index contributed by atoms with van der Waals surface area (Å²) in [6.07, 6.45) is 9.62. The zero-order chi connectivity index (χ0) is 13.0. The molecule has 2 aliphatic heterocycles. The highest BCUT2D eigenvalue weighted by atomic mass is 15.3. The molecule has 2 heterocycles. The minimum atomic E-state index is 0.480. The molecule has 0 spiro atoms. The normalized spacial score (nSPS) is 27.8. The Bertz CT molecular complexity index is 239. The van der Waals surface area contributed by atoms with Gasteiger partial charge in [-0.25, -0.2) is 0 Å². The molecule has 1 atom stereocenters. The Hall–Kier alpha value is -0.0800. The van der Waals surface area contributed by atoms with Crippen LogP contribution in [-0.4, -0.2) is 47.6 Å². The summed E-state index contributed by atoms with van der Waals surface area (Å²) in [4.78, 5) is 5.62. The Balaban J connectivity index is 2.08. The van der Waals surface area contributed by atoms with Gasteiger partial charge >= 0.3 is 0 Å². The maximum absolute atomic E-state index is 2.85. The molecule has 106 valence electrons. The predicted molar refractivity (Wildman–Crippen MR) is 79.0 cm³/mol. The van der Waals surface area contributed by atoms with Crippen molar-refractivity contribution in [3.05, 3.63) is 0 Å². The SMILES string of the molecule is CCC(CC)(CC)N1CCCN2CCCCC2C1. The monoisotopic (exact) mass is 252 g/mol. The van der Waals surface area contributed by atoms with Crippen molar-refractivity contribution < 1.29 is 0 Å². The van der Waals surface area contributed by atoms with Crippen molar-refractivity contribution in [2.24, 2.45) is 0 Å². The maximum Gasteiger partial charge on any atom is 0.0223 e. The molecule has 0 aromatic rings. The van der Waals surface area contributed by atoms with E-state index in [1.807, 2.05) is 0 Å². The molecule has 0 radical (unpaired) electrons. The van der Waals surface area contributed by atoms with Gasteiger partial charge in [-0.2, -0.15) is 0 Å². The van der Waals surface area contributed by atoms with Crippen LogP contribution in [-0.2, 0) is 0 Å². The molecule has 0 bridgehead atoms. The largest absolute Gasteiger partial charge is 0.299 e. The quantitative estimate of drug-likeness (QED) is 0.755. The molecule has 0 aromatic carbocycles. The Morgan fingerprint density at radius 1 is 0.889 bits per heavy atom. The number of hydrogen-bond acceptors (Lipinski definition) is 2. The summed E-state index contributed by atoms with van der Waals surface area (Å²) in [5.74, 6) is 0. The third-order valence-electron chi connectivity index (χ3n) is 5.70. The lowest BCUT2D eigenvalue weighted by atomic mass is 9.86. The van der Waals surface area contributed by atoms with Crippen molar-refractivity contribution in [1.29, 1.82) is 0 Å². The van der Waals surface area contributed by atoms with Crippen molar-refractivity contribution in [2.75, 3.05) is 26.2 Å². The van der Waals surface area contributed by atoms with Gasteiger partial charge in [0, 0.05) is 18.1 Å². The molecule has 0 aromatic heterocycles. The van der Waals surface area contributed by atoms with E-state index in [9.17, 15) is 0 Å². The van der Waals surface area contributed by atoms with Gasteiger partial charge in [0.1, 0.15) is 0 Å². The fraction of sp³-hybridized carbons (Fsp3) is 1.00. The predicted octanol–water partition coefficient (Wildman–Crippen LogP) is 3.52. The molecule has 2 saturated heterocycles. The summed E-state index contributed by atoms with van der Waals surface area (Å²) in [5, 5.41) is 0. The van der Waals surface area contributed by atoms with E-state index in [0.717, 1.165) is 6.04 Å². The van der Waals surface area contributed by atoms with Crippen LogP contribution in [0.15, 0.2) is 0 Å². The molecular weight excluding hydrogens is 220 g/mol. The third kappa shape index (κ3) is 2.75. The minimum Gasteiger partial charge on any atom is -0.299 e. The summed E-state index contributed by atoms with van der Waals surface area (Å²) in [6, 6.07) is 0.852. The number of hydrogen-bond donors (Lipinski definition) is 0. The Kier molecular flexibility index (Phi) is 5.08. The van der Waals surface area contributed by atoms with Gasteiger partial charge in [-0.3, -0.25) is 9.80 Å². The summed E-state index contributed by atoms with van der Waals surface area (Å²) >= 11 is 0. The molecule has 2 rings (SSSR count). The Morgan fingerprint density at radius 3 is 2.22 bits per heavy atom. The molecule has 2 heteroatoms. The highest BCUT2D eigenvalue weighted by molar-refractivity contribution is 4.92. The van der Waals surface area contributed by atoms with Crippen LogP contribution in [0.4, 0.5) is 0 Å². The molecule has 1 unspecified atom stereocenters. The third-order valence-corrected chi connectivity index (χ3v) is 5.70. The fourth-order valence-corrected chi connectivity index (χ4v) is 4.22. The van der Waals surface area contributed by atoms with Crippen LogP contribution in [0.5, 0.6) is 0 Å². The van der Waals surface area contributed by atoms with Crippen LogP contribution >= 0.6 is 0 Å². The zero-order valence-corrected chi connectivity index (χ0v) is 12.7. The average Bonchev–Trinajstić information content (AvgIpc) is 2.64. The van der Waals surface area contributed by atoms with Gasteiger partial charge in [-0.05, 0) is 58.2 Å². The molecule has 0 saturated carbocycles. The topological polar surface area (TPSA) is 6.48 Å². The van der Waals surface area contributed by atoms with Gasteiger partial charge < -0.3 is 0 Å². The van der Waals surface area contributed by atoms with Crippen LogP contribution in [0.25, 0.3) is 0 Å². The molecule has 0 N–H and O–H groups in total. The van der Waals surface area contributed by atoms with Crippen molar-refractivity contribution in [3.63, 3.8) is 0 Å². The Labute approximate surface area is 114 Å². The van der Waals surface area contributed by atoms with Gasteiger partial charge in [0.2, 0.25) is 0 Å². The first-order chi connectivity index (χ1) is 8.75. The standard InChI is InChI=1S/C16H32N2/c1-4-16(5-2,6-3)18-13-9-12-17-11-8-7-10-15(17)14-18/h15H,4-14H2,1-3H3. The van der Waals surface area contributed by atoms with E-state index in [1.54, 1.807) is 0 Å². The molecular formula is C16H32N2. The molecule has 0 aliphatic carbocycles. The second kappa shape index (κ2) is 6.38. The molecule has 2 fully saturated rings. The van der Waals surface area contributed by atoms with Crippen LogP contribution < -0.4 is 0 Å². The van der Waals surface area contributed by atoms with Crippen LogP contribution in [0, 0.1) is 0 Å². The maximum atomic E-state index is 2.85. The smallest absolute Gasteiger partial charge is 0.0223 e. The van der Waals surface area contributed by atoms with Crippen molar-refractivity contribution in [2.45, 2.75) is 77.3 Å². The molecule has 2 nitrogen and oxygen atoms in total. The fourth-order valence-electron chi connectivity index (χ4n) is 4.22. The lowest BCUT2D eigenvalue weighted by molar-refractivity contribution is 0.0521. The van der Waals surface area contributed by atoms with E-state index in [4.69, 9.17) is 0 Å². The van der Waals surface area contributed by atoms with Crippen LogP contribution in [0.1, 0.15) is 65.7 Å². The average molecular weight is 252 g/mol. The van der Waals surface area contributed by atoms with Crippen LogP contribution in [0.3, 0.4) is 0 Å². The zero-order valence-electron chi connectivity index (χ0n) is 12.7. The summed E-state index contributed by atoms with van der Waals surface area (Å²) < 4.78 is 0. The van der Waals surface area contributed by atoms with E-state index < -0.39 is 0 Å². The highest BCUT2D eigenvalue weighted by Gasteiger charge is 2.36. The van der Waals surface area contributed by atoms with Gasteiger partial charge in [0.05, 0.1) is 0 Å². The summed E-state index contributed by atoms with van der Waals surface area (Å²) in [6.45, 7) is 12.5. The summed E-state index contributed by atoms with van der Waals surface area (Å²) in [5.41, 5.74) is 0.480. The lowest BCUT2D eigenvalue weighted by Gasteiger charge is -2.45. The van der Waals surface area contributed by atoms with E-state index in [2.05, 4.69) is 30.6 Å². The number of rotatable bonds is 4.